The van der Waals surface area contributed by atoms with Gasteiger partial charge in [0, 0.05) is 13.1 Å². The minimum atomic E-state index is 0.934. The molecule has 0 amide bonds. The molecule has 0 atom stereocenters. The van der Waals surface area contributed by atoms with Crippen LogP contribution < -0.4 is 5.32 Å². The van der Waals surface area contributed by atoms with Crippen LogP contribution in [-0.2, 0) is 0 Å². The third kappa shape index (κ3) is 1.90. The van der Waals surface area contributed by atoms with E-state index in [4.69, 9.17) is 0 Å². The summed E-state index contributed by atoms with van der Waals surface area (Å²) in [6, 6.07) is 0. The molecule has 1 N–H and O–H groups in total. The number of hydrogen-bond donors (Lipinski definition) is 1. The molecule has 0 aromatic carbocycles. The van der Waals surface area contributed by atoms with Gasteiger partial charge in [0.2, 0.25) is 0 Å². The quantitative estimate of drug-likeness (QED) is 0.541. The minimum absolute atomic E-state index is 0.934. The van der Waals surface area contributed by atoms with Gasteiger partial charge in [-0.05, 0) is 6.20 Å². The van der Waals surface area contributed by atoms with E-state index in [-0.39, 0.29) is 0 Å². The maximum Gasteiger partial charge on any atom is 0.0682 e. The summed E-state index contributed by atoms with van der Waals surface area (Å²) in [4.78, 5) is 2.16. The van der Waals surface area contributed by atoms with Crippen molar-refractivity contribution < 1.29 is 0 Å². The molecule has 0 saturated carbocycles. The van der Waals surface area contributed by atoms with E-state index in [0.717, 1.165) is 19.8 Å². The predicted octanol–water partition coefficient (Wildman–Crippen LogP) is 0.549. The number of nitrogens with zero attached hydrogens (tertiary/aromatic N) is 1. The predicted molar refractivity (Wildman–Crippen MR) is 38.9 cm³/mol. The first-order valence-corrected chi connectivity index (χ1v) is 3.16. The number of hydrogen-bond acceptors (Lipinski definition) is 2. The van der Waals surface area contributed by atoms with Gasteiger partial charge < -0.3 is 4.90 Å². The van der Waals surface area contributed by atoms with Crippen LogP contribution in [0.1, 0.15) is 0 Å². The molecule has 0 spiro atoms. The fraction of sp³-hybridized carbons (Fsp3) is 0.429. The van der Waals surface area contributed by atoms with E-state index in [1.807, 2.05) is 6.08 Å². The Morgan fingerprint density at radius 2 is 2.67 bits per heavy atom. The van der Waals surface area contributed by atoms with Gasteiger partial charge in [-0.15, -0.1) is 6.58 Å². The van der Waals surface area contributed by atoms with E-state index in [1.165, 1.54) is 0 Å². The van der Waals surface area contributed by atoms with Gasteiger partial charge in [0.05, 0.1) is 6.67 Å². The van der Waals surface area contributed by atoms with Crippen LogP contribution in [-0.4, -0.2) is 24.7 Å². The molecule has 1 heterocycles. The zero-order valence-electron chi connectivity index (χ0n) is 5.51. The molecule has 0 aliphatic carbocycles. The zero-order valence-corrected chi connectivity index (χ0v) is 5.51. The van der Waals surface area contributed by atoms with Gasteiger partial charge in [0.1, 0.15) is 0 Å². The Balaban J connectivity index is 2.31. The van der Waals surface area contributed by atoms with Crippen LogP contribution in [0.2, 0.25) is 0 Å². The molecule has 9 heavy (non-hydrogen) atoms. The second-order valence-electron chi connectivity index (χ2n) is 2.06. The lowest BCUT2D eigenvalue weighted by molar-refractivity contribution is 0.367. The van der Waals surface area contributed by atoms with E-state index < -0.39 is 0 Å². The van der Waals surface area contributed by atoms with Crippen molar-refractivity contribution >= 4 is 0 Å². The molecular formula is C7H12N2. The average molecular weight is 124 g/mol. The monoisotopic (exact) mass is 124 g/mol. The fourth-order valence-corrected chi connectivity index (χ4v) is 0.837. The van der Waals surface area contributed by atoms with Gasteiger partial charge >= 0.3 is 0 Å². The molecule has 0 bridgehead atoms. The highest BCUT2D eigenvalue weighted by Gasteiger charge is 1.97. The zero-order chi connectivity index (χ0) is 6.53. The first kappa shape index (κ1) is 6.36. The van der Waals surface area contributed by atoms with E-state index in [9.17, 15) is 0 Å². The topological polar surface area (TPSA) is 15.3 Å². The second-order valence-corrected chi connectivity index (χ2v) is 2.06. The molecule has 0 radical (unpaired) electrons. The number of rotatable bonds is 2. The van der Waals surface area contributed by atoms with E-state index in [0.29, 0.717) is 0 Å². The molecule has 1 rings (SSSR count). The van der Waals surface area contributed by atoms with Crippen molar-refractivity contribution in [2.24, 2.45) is 0 Å². The lowest BCUT2D eigenvalue weighted by Gasteiger charge is -2.21. The molecule has 1 aliphatic heterocycles. The molecular weight excluding hydrogens is 112 g/mol. The summed E-state index contributed by atoms with van der Waals surface area (Å²) >= 11 is 0. The van der Waals surface area contributed by atoms with Crippen molar-refractivity contribution in [2.75, 3.05) is 19.8 Å². The summed E-state index contributed by atoms with van der Waals surface area (Å²) in [6.07, 6.45) is 6.10. The van der Waals surface area contributed by atoms with Gasteiger partial charge in [-0.1, -0.05) is 12.2 Å². The Kier molecular flexibility index (Phi) is 2.33. The van der Waals surface area contributed by atoms with Crippen molar-refractivity contribution in [3.63, 3.8) is 0 Å². The van der Waals surface area contributed by atoms with E-state index >= 15 is 0 Å². The normalized spacial score (nSPS) is 18.0. The SMILES string of the molecule is C=CCN1C=CCNC1. The van der Waals surface area contributed by atoms with Gasteiger partial charge in [0.15, 0.2) is 0 Å². The Hall–Kier alpha value is -0.760. The Morgan fingerprint density at radius 3 is 3.22 bits per heavy atom. The van der Waals surface area contributed by atoms with Crippen molar-refractivity contribution in [2.45, 2.75) is 0 Å². The molecule has 1 aliphatic rings. The molecule has 0 fully saturated rings. The van der Waals surface area contributed by atoms with Crippen LogP contribution >= 0.6 is 0 Å². The van der Waals surface area contributed by atoms with Gasteiger partial charge in [-0.2, -0.15) is 0 Å². The highest BCUT2D eigenvalue weighted by molar-refractivity contribution is 4.91. The fourth-order valence-electron chi connectivity index (χ4n) is 0.837. The molecule has 2 nitrogen and oxygen atoms in total. The standard InChI is InChI=1S/C7H12N2/c1-2-5-9-6-3-4-8-7-9/h2-3,6,8H,1,4-5,7H2. The van der Waals surface area contributed by atoms with Crippen LogP contribution in [0.25, 0.3) is 0 Å². The molecule has 0 unspecified atom stereocenters. The Labute approximate surface area is 55.9 Å². The molecule has 0 aromatic rings. The Bertz CT molecular complexity index is 118. The molecule has 2 heteroatoms. The second kappa shape index (κ2) is 3.30. The van der Waals surface area contributed by atoms with Crippen LogP contribution in [0.3, 0.4) is 0 Å². The first-order chi connectivity index (χ1) is 4.43. The van der Waals surface area contributed by atoms with Crippen LogP contribution in [0, 0.1) is 0 Å². The van der Waals surface area contributed by atoms with E-state index in [2.05, 4.69) is 29.1 Å². The van der Waals surface area contributed by atoms with Gasteiger partial charge in [0.25, 0.3) is 0 Å². The van der Waals surface area contributed by atoms with Crippen LogP contribution in [0.15, 0.2) is 24.9 Å². The van der Waals surface area contributed by atoms with Gasteiger partial charge in [-0.3, -0.25) is 5.32 Å². The smallest absolute Gasteiger partial charge is 0.0682 e. The highest BCUT2D eigenvalue weighted by atomic mass is 15.2. The third-order valence-electron chi connectivity index (χ3n) is 1.26. The Morgan fingerprint density at radius 1 is 1.78 bits per heavy atom. The summed E-state index contributed by atoms with van der Waals surface area (Å²) in [5.41, 5.74) is 0. The summed E-state index contributed by atoms with van der Waals surface area (Å²) in [6.45, 7) is 6.53. The first-order valence-electron chi connectivity index (χ1n) is 3.16. The summed E-state index contributed by atoms with van der Waals surface area (Å²) in [5, 5.41) is 3.21. The average Bonchev–Trinajstić information content (AvgIpc) is 1.91. The molecule has 0 aromatic heterocycles. The van der Waals surface area contributed by atoms with Crippen molar-refractivity contribution in [3.8, 4) is 0 Å². The van der Waals surface area contributed by atoms with Crippen molar-refractivity contribution in [1.29, 1.82) is 0 Å². The largest absolute Gasteiger partial charge is 0.361 e. The molecule has 0 saturated heterocycles. The minimum Gasteiger partial charge on any atom is -0.361 e. The number of nitrogens with one attached hydrogen (secondary N) is 1. The van der Waals surface area contributed by atoms with Crippen LogP contribution in [0.5, 0.6) is 0 Å². The maximum absolute atomic E-state index is 3.65. The summed E-state index contributed by atoms with van der Waals surface area (Å²) < 4.78 is 0. The van der Waals surface area contributed by atoms with Crippen LogP contribution in [0.4, 0.5) is 0 Å². The van der Waals surface area contributed by atoms with Gasteiger partial charge in [-0.25, -0.2) is 0 Å². The lowest BCUT2D eigenvalue weighted by Crippen LogP contribution is -2.34. The molecule has 50 valence electrons. The maximum atomic E-state index is 3.65. The summed E-state index contributed by atoms with van der Waals surface area (Å²) in [7, 11) is 0. The highest BCUT2D eigenvalue weighted by Crippen LogP contribution is 1.91. The lowest BCUT2D eigenvalue weighted by atomic mass is 10.4. The third-order valence-corrected chi connectivity index (χ3v) is 1.26. The summed E-state index contributed by atoms with van der Waals surface area (Å²) in [5.74, 6) is 0. The van der Waals surface area contributed by atoms with Crippen molar-refractivity contribution in [1.82, 2.24) is 10.2 Å². The van der Waals surface area contributed by atoms with Crippen molar-refractivity contribution in [3.05, 3.63) is 24.9 Å². The van der Waals surface area contributed by atoms with E-state index in [1.54, 1.807) is 0 Å².